The van der Waals surface area contributed by atoms with Crippen LogP contribution in [0.5, 0.6) is 0 Å². The number of hydrogen-bond acceptors (Lipinski definition) is 3. The van der Waals surface area contributed by atoms with Crippen molar-refractivity contribution in [3.05, 3.63) is 46.7 Å². The van der Waals surface area contributed by atoms with E-state index in [-0.39, 0.29) is 11.9 Å². The lowest BCUT2D eigenvalue weighted by Gasteiger charge is -2.34. The van der Waals surface area contributed by atoms with Gasteiger partial charge in [0.05, 0.1) is 23.1 Å². The van der Waals surface area contributed by atoms with Crippen LogP contribution in [0.3, 0.4) is 0 Å². The molecule has 0 saturated carbocycles. The Bertz CT molecular complexity index is 740. The van der Waals surface area contributed by atoms with Gasteiger partial charge >= 0.3 is 0 Å². The van der Waals surface area contributed by atoms with Crippen LogP contribution in [-0.2, 0) is 0 Å². The summed E-state index contributed by atoms with van der Waals surface area (Å²) in [6, 6.07) is 7.56. The van der Waals surface area contributed by atoms with Crippen LogP contribution in [0.4, 0.5) is 0 Å². The molecule has 1 amide bonds. The smallest absolute Gasteiger partial charge is 0.257 e. The highest BCUT2D eigenvalue weighted by atomic mass is 35.5. The molecule has 1 aliphatic rings. The molecular formula is C18H23ClN4O. The lowest BCUT2D eigenvalue weighted by atomic mass is 9.92. The van der Waals surface area contributed by atoms with Gasteiger partial charge in [0.25, 0.3) is 5.91 Å². The molecule has 1 saturated heterocycles. The van der Waals surface area contributed by atoms with Gasteiger partial charge in [-0.2, -0.15) is 5.10 Å². The monoisotopic (exact) mass is 346 g/mol. The summed E-state index contributed by atoms with van der Waals surface area (Å²) >= 11 is 6.06. The lowest BCUT2D eigenvalue weighted by molar-refractivity contribution is 0.0660. The molecule has 1 aromatic heterocycles. The SMILES string of the molecule is Cc1c(C(=O)N2CCC[C@@H]([C@@H](C)N)C2)cnn1-c1cccc(Cl)c1. The van der Waals surface area contributed by atoms with E-state index in [4.69, 9.17) is 17.3 Å². The first-order valence-electron chi connectivity index (χ1n) is 8.33. The number of nitrogens with two attached hydrogens (primary N) is 1. The van der Waals surface area contributed by atoms with E-state index in [1.54, 1.807) is 10.9 Å². The standard InChI is InChI=1S/C18H23ClN4O/c1-12(20)14-5-4-8-22(11-14)18(24)17-10-21-23(13(17)2)16-7-3-6-15(19)9-16/h3,6-7,9-10,12,14H,4-5,8,11,20H2,1-2H3/t12-,14-/m1/s1. The van der Waals surface area contributed by atoms with E-state index in [2.05, 4.69) is 5.10 Å². The van der Waals surface area contributed by atoms with Crippen LogP contribution < -0.4 is 5.73 Å². The number of amides is 1. The summed E-state index contributed by atoms with van der Waals surface area (Å²) in [6.45, 7) is 5.43. The van der Waals surface area contributed by atoms with Crippen molar-refractivity contribution in [2.75, 3.05) is 13.1 Å². The number of rotatable bonds is 3. The minimum atomic E-state index is 0.0335. The summed E-state index contributed by atoms with van der Waals surface area (Å²) in [5, 5.41) is 5.03. The van der Waals surface area contributed by atoms with Crippen LogP contribution in [0.1, 0.15) is 35.8 Å². The van der Waals surface area contributed by atoms with Gasteiger partial charge in [0.2, 0.25) is 0 Å². The first kappa shape index (κ1) is 17.0. The molecule has 128 valence electrons. The van der Waals surface area contributed by atoms with Crippen LogP contribution in [0.2, 0.25) is 5.02 Å². The zero-order chi connectivity index (χ0) is 17.3. The Balaban J connectivity index is 1.84. The molecule has 0 unspecified atom stereocenters. The number of carbonyl (C=O) groups excluding carboxylic acids is 1. The quantitative estimate of drug-likeness (QED) is 0.929. The first-order valence-corrected chi connectivity index (χ1v) is 8.70. The zero-order valence-electron chi connectivity index (χ0n) is 14.1. The molecule has 0 radical (unpaired) electrons. The second kappa shape index (κ2) is 6.95. The van der Waals surface area contributed by atoms with Gasteiger partial charge in [-0.25, -0.2) is 4.68 Å². The fraction of sp³-hybridized carbons (Fsp3) is 0.444. The van der Waals surface area contributed by atoms with Gasteiger partial charge in [-0.05, 0) is 50.8 Å². The molecule has 1 aliphatic heterocycles. The van der Waals surface area contributed by atoms with Crippen molar-refractivity contribution >= 4 is 17.5 Å². The minimum Gasteiger partial charge on any atom is -0.338 e. The predicted octanol–water partition coefficient (Wildman–Crippen LogP) is 3.03. The topological polar surface area (TPSA) is 64.2 Å². The Labute approximate surface area is 147 Å². The lowest BCUT2D eigenvalue weighted by Crippen LogP contribution is -2.45. The Morgan fingerprint density at radius 3 is 2.96 bits per heavy atom. The van der Waals surface area contributed by atoms with Crippen LogP contribution >= 0.6 is 11.6 Å². The third-order valence-electron chi connectivity index (χ3n) is 4.78. The van der Waals surface area contributed by atoms with E-state index in [1.165, 1.54) is 0 Å². The number of piperidine rings is 1. The van der Waals surface area contributed by atoms with Crippen LogP contribution in [0.15, 0.2) is 30.5 Å². The Kier molecular flexibility index (Phi) is 4.92. The van der Waals surface area contributed by atoms with E-state index in [9.17, 15) is 4.79 Å². The number of benzene rings is 1. The molecule has 1 aromatic carbocycles. The maximum Gasteiger partial charge on any atom is 0.257 e. The van der Waals surface area contributed by atoms with E-state index in [0.29, 0.717) is 16.5 Å². The molecular weight excluding hydrogens is 324 g/mol. The van der Waals surface area contributed by atoms with Gasteiger partial charge in [-0.15, -0.1) is 0 Å². The molecule has 0 bridgehead atoms. The summed E-state index contributed by atoms with van der Waals surface area (Å²) < 4.78 is 1.76. The van der Waals surface area contributed by atoms with Crippen molar-refractivity contribution in [3.8, 4) is 5.69 Å². The molecule has 2 N–H and O–H groups in total. The van der Waals surface area contributed by atoms with Gasteiger partial charge in [0.1, 0.15) is 0 Å². The Morgan fingerprint density at radius 1 is 1.46 bits per heavy atom. The van der Waals surface area contributed by atoms with Crippen molar-refractivity contribution < 1.29 is 4.79 Å². The normalized spacial score (nSPS) is 19.3. The van der Waals surface area contributed by atoms with E-state index in [1.807, 2.05) is 43.0 Å². The number of carbonyl (C=O) groups is 1. The molecule has 0 spiro atoms. The maximum atomic E-state index is 12.9. The van der Waals surface area contributed by atoms with Crippen molar-refractivity contribution in [3.63, 3.8) is 0 Å². The van der Waals surface area contributed by atoms with Crippen molar-refractivity contribution in [2.45, 2.75) is 32.7 Å². The molecule has 2 heterocycles. The number of aromatic nitrogens is 2. The molecule has 2 atom stereocenters. The average Bonchev–Trinajstić information content (AvgIpc) is 2.96. The highest BCUT2D eigenvalue weighted by Gasteiger charge is 2.28. The largest absolute Gasteiger partial charge is 0.338 e. The third-order valence-corrected chi connectivity index (χ3v) is 5.02. The molecule has 6 heteroatoms. The third kappa shape index (κ3) is 3.32. The highest BCUT2D eigenvalue weighted by molar-refractivity contribution is 6.30. The van der Waals surface area contributed by atoms with Gasteiger partial charge in [0, 0.05) is 24.2 Å². The van der Waals surface area contributed by atoms with E-state index >= 15 is 0 Å². The second-order valence-electron chi connectivity index (χ2n) is 6.55. The molecule has 1 fully saturated rings. The van der Waals surface area contributed by atoms with Crippen molar-refractivity contribution in [1.29, 1.82) is 0 Å². The zero-order valence-corrected chi connectivity index (χ0v) is 14.8. The van der Waals surface area contributed by atoms with E-state index < -0.39 is 0 Å². The van der Waals surface area contributed by atoms with Crippen LogP contribution in [0, 0.1) is 12.8 Å². The number of halogens is 1. The first-order chi connectivity index (χ1) is 11.5. The summed E-state index contributed by atoms with van der Waals surface area (Å²) in [6.07, 6.45) is 3.73. The fourth-order valence-corrected chi connectivity index (χ4v) is 3.47. The second-order valence-corrected chi connectivity index (χ2v) is 6.98. The fourth-order valence-electron chi connectivity index (χ4n) is 3.28. The number of nitrogens with zero attached hydrogens (tertiary/aromatic N) is 3. The summed E-state index contributed by atoms with van der Waals surface area (Å²) in [4.78, 5) is 14.8. The molecule has 24 heavy (non-hydrogen) atoms. The minimum absolute atomic E-state index is 0.0335. The molecule has 0 aliphatic carbocycles. The molecule has 3 rings (SSSR count). The highest BCUT2D eigenvalue weighted by Crippen LogP contribution is 2.23. The molecule has 5 nitrogen and oxygen atoms in total. The Hall–Kier alpha value is -1.85. The van der Waals surface area contributed by atoms with Crippen LogP contribution in [-0.4, -0.2) is 39.7 Å². The molecule has 2 aromatic rings. The predicted molar refractivity (Wildman–Crippen MR) is 95.6 cm³/mol. The van der Waals surface area contributed by atoms with E-state index in [0.717, 1.165) is 37.3 Å². The summed E-state index contributed by atoms with van der Waals surface area (Å²) in [5.74, 6) is 0.400. The Morgan fingerprint density at radius 2 is 2.25 bits per heavy atom. The van der Waals surface area contributed by atoms with Crippen molar-refractivity contribution in [1.82, 2.24) is 14.7 Å². The summed E-state index contributed by atoms with van der Waals surface area (Å²) in [7, 11) is 0. The van der Waals surface area contributed by atoms with Crippen molar-refractivity contribution in [2.24, 2.45) is 11.7 Å². The van der Waals surface area contributed by atoms with Gasteiger partial charge in [-0.1, -0.05) is 17.7 Å². The number of hydrogen-bond donors (Lipinski definition) is 1. The summed E-state index contributed by atoms with van der Waals surface area (Å²) in [5.41, 5.74) is 8.34. The van der Waals surface area contributed by atoms with Gasteiger partial charge < -0.3 is 10.6 Å². The van der Waals surface area contributed by atoms with Gasteiger partial charge in [-0.3, -0.25) is 4.79 Å². The number of likely N-dealkylation sites (tertiary alicyclic amines) is 1. The maximum absolute atomic E-state index is 12.9. The van der Waals surface area contributed by atoms with Crippen LogP contribution in [0.25, 0.3) is 5.69 Å². The van der Waals surface area contributed by atoms with Gasteiger partial charge in [0.15, 0.2) is 0 Å². The average molecular weight is 347 g/mol.